The van der Waals surface area contributed by atoms with E-state index in [2.05, 4.69) is 19.2 Å². The molecule has 1 N–H and O–H groups in total. The Balaban J connectivity index is 1.73. The Labute approximate surface area is 122 Å². The first-order chi connectivity index (χ1) is 9.66. The molecule has 0 aromatic rings. The van der Waals surface area contributed by atoms with Gasteiger partial charge in [-0.25, -0.2) is 4.79 Å². The summed E-state index contributed by atoms with van der Waals surface area (Å²) in [6.45, 7) is 7.95. The highest BCUT2D eigenvalue weighted by Crippen LogP contribution is 2.17. The van der Waals surface area contributed by atoms with E-state index in [4.69, 9.17) is 9.47 Å². The SMILES string of the molecule is CC(C)C[C@@H]1COCCN1C(=O)NCC[C@@H]1CCCO1. The lowest BCUT2D eigenvalue weighted by Gasteiger charge is -2.36. The predicted octanol–water partition coefficient (Wildman–Crippen LogP) is 2.01. The minimum atomic E-state index is 0.0527. The molecule has 2 amide bonds. The minimum absolute atomic E-state index is 0.0527. The maximum atomic E-state index is 12.3. The second-order valence-electron chi connectivity index (χ2n) is 6.21. The van der Waals surface area contributed by atoms with E-state index >= 15 is 0 Å². The van der Waals surface area contributed by atoms with E-state index in [1.165, 1.54) is 0 Å². The standard InChI is InChI=1S/C15H28N2O3/c1-12(2)10-13-11-19-9-7-17(13)15(18)16-6-5-14-4-3-8-20-14/h12-14H,3-11H2,1-2H3,(H,16,18)/t13-,14+/m1/s1. The van der Waals surface area contributed by atoms with Crippen LogP contribution in [0.2, 0.25) is 0 Å². The maximum Gasteiger partial charge on any atom is 0.317 e. The third-order valence-corrected chi connectivity index (χ3v) is 4.00. The maximum absolute atomic E-state index is 12.3. The van der Waals surface area contributed by atoms with Crippen LogP contribution in [0.25, 0.3) is 0 Å². The van der Waals surface area contributed by atoms with E-state index in [0.717, 1.165) is 32.3 Å². The minimum Gasteiger partial charge on any atom is -0.378 e. The van der Waals surface area contributed by atoms with Gasteiger partial charge in [-0.1, -0.05) is 13.8 Å². The Kier molecular flexibility index (Phi) is 6.10. The fraction of sp³-hybridized carbons (Fsp3) is 0.933. The number of morpholine rings is 1. The van der Waals surface area contributed by atoms with Crippen molar-refractivity contribution in [2.24, 2.45) is 5.92 Å². The van der Waals surface area contributed by atoms with Crippen molar-refractivity contribution in [3.05, 3.63) is 0 Å². The van der Waals surface area contributed by atoms with Gasteiger partial charge in [0, 0.05) is 19.7 Å². The number of ether oxygens (including phenoxy) is 2. The van der Waals surface area contributed by atoms with Crippen LogP contribution in [0.5, 0.6) is 0 Å². The summed E-state index contributed by atoms with van der Waals surface area (Å²) in [6.07, 6.45) is 4.54. The van der Waals surface area contributed by atoms with Crippen LogP contribution in [0.1, 0.15) is 39.5 Å². The molecule has 0 saturated carbocycles. The van der Waals surface area contributed by atoms with Crippen LogP contribution in [0.3, 0.4) is 0 Å². The largest absolute Gasteiger partial charge is 0.378 e. The second kappa shape index (κ2) is 7.84. The molecule has 0 radical (unpaired) electrons. The third kappa shape index (κ3) is 4.63. The second-order valence-corrected chi connectivity index (χ2v) is 6.21. The van der Waals surface area contributed by atoms with Crippen molar-refractivity contribution in [3.8, 4) is 0 Å². The first-order valence-electron chi connectivity index (χ1n) is 7.90. The average molecular weight is 284 g/mol. The van der Waals surface area contributed by atoms with Gasteiger partial charge in [-0.3, -0.25) is 0 Å². The van der Waals surface area contributed by atoms with Crippen molar-refractivity contribution in [2.75, 3.05) is 32.9 Å². The molecular weight excluding hydrogens is 256 g/mol. The molecule has 0 aliphatic carbocycles. The summed E-state index contributed by atoms with van der Waals surface area (Å²) >= 11 is 0. The summed E-state index contributed by atoms with van der Waals surface area (Å²) in [5.74, 6) is 0.573. The third-order valence-electron chi connectivity index (χ3n) is 4.00. The van der Waals surface area contributed by atoms with E-state index in [1.54, 1.807) is 0 Å². The molecule has 0 bridgehead atoms. The summed E-state index contributed by atoms with van der Waals surface area (Å²) in [5, 5.41) is 3.03. The molecule has 0 aromatic heterocycles. The molecule has 5 nitrogen and oxygen atoms in total. The van der Waals surface area contributed by atoms with Gasteiger partial charge in [0.25, 0.3) is 0 Å². The molecule has 116 valence electrons. The Morgan fingerprint density at radius 1 is 1.40 bits per heavy atom. The Morgan fingerprint density at radius 3 is 2.95 bits per heavy atom. The van der Waals surface area contributed by atoms with Crippen LogP contribution in [0.4, 0.5) is 4.79 Å². The molecule has 2 aliphatic heterocycles. The molecule has 2 heterocycles. The smallest absolute Gasteiger partial charge is 0.317 e. The van der Waals surface area contributed by atoms with Gasteiger partial charge in [0.1, 0.15) is 0 Å². The molecule has 5 heteroatoms. The molecule has 0 unspecified atom stereocenters. The van der Waals surface area contributed by atoms with Crippen molar-refractivity contribution in [1.29, 1.82) is 0 Å². The van der Waals surface area contributed by atoms with Crippen molar-refractivity contribution in [2.45, 2.75) is 51.7 Å². The molecule has 2 saturated heterocycles. The zero-order chi connectivity index (χ0) is 14.4. The summed E-state index contributed by atoms with van der Waals surface area (Å²) in [4.78, 5) is 14.2. The normalized spacial score (nSPS) is 27.1. The number of rotatable bonds is 5. The zero-order valence-electron chi connectivity index (χ0n) is 12.8. The van der Waals surface area contributed by atoms with Gasteiger partial charge in [0.2, 0.25) is 0 Å². The molecule has 2 fully saturated rings. The molecule has 20 heavy (non-hydrogen) atoms. The number of carbonyl (C=O) groups excluding carboxylic acids is 1. The van der Waals surface area contributed by atoms with Gasteiger partial charge in [0.05, 0.1) is 25.4 Å². The number of hydrogen-bond donors (Lipinski definition) is 1. The molecule has 2 aliphatic rings. The molecule has 2 rings (SSSR count). The predicted molar refractivity (Wildman–Crippen MR) is 77.8 cm³/mol. The van der Waals surface area contributed by atoms with Gasteiger partial charge >= 0.3 is 6.03 Å². The number of urea groups is 1. The fourth-order valence-electron chi connectivity index (χ4n) is 2.98. The quantitative estimate of drug-likeness (QED) is 0.840. The molecular formula is C15H28N2O3. The van der Waals surface area contributed by atoms with Crippen LogP contribution in [0, 0.1) is 5.92 Å². The van der Waals surface area contributed by atoms with Crippen LogP contribution in [-0.4, -0.2) is 56.0 Å². The lowest BCUT2D eigenvalue weighted by atomic mass is 10.0. The highest BCUT2D eigenvalue weighted by Gasteiger charge is 2.27. The number of nitrogens with zero attached hydrogens (tertiary/aromatic N) is 1. The van der Waals surface area contributed by atoms with E-state index in [-0.39, 0.29) is 12.1 Å². The van der Waals surface area contributed by atoms with Crippen LogP contribution >= 0.6 is 0 Å². The summed E-state index contributed by atoms with van der Waals surface area (Å²) < 4.78 is 11.1. The number of carbonyl (C=O) groups is 1. The highest BCUT2D eigenvalue weighted by atomic mass is 16.5. The van der Waals surface area contributed by atoms with E-state index in [1.807, 2.05) is 4.90 Å². The summed E-state index contributed by atoms with van der Waals surface area (Å²) in [5.41, 5.74) is 0. The molecule has 2 atom stereocenters. The molecule has 0 spiro atoms. The fourth-order valence-corrected chi connectivity index (χ4v) is 2.98. The Hall–Kier alpha value is -0.810. The van der Waals surface area contributed by atoms with Gasteiger partial charge in [-0.2, -0.15) is 0 Å². The molecule has 0 aromatic carbocycles. The van der Waals surface area contributed by atoms with Crippen LogP contribution < -0.4 is 5.32 Å². The van der Waals surface area contributed by atoms with E-state index in [9.17, 15) is 4.79 Å². The van der Waals surface area contributed by atoms with Gasteiger partial charge < -0.3 is 19.7 Å². The first kappa shape index (κ1) is 15.6. The van der Waals surface area contributed by atoms with Crippen molar-refractivity contribution >= 4 is 6.03 Å². The topological polar surface area (TPSA) is 50.8 Å². The van der Waals surface area contributed by atoms with Crippen molar-refractivity contribution in [3.63, 3.8) is 0 Å². The lowest BCUT2D eigenvalue weighted by Crippen LogP contribution is -2.53. The van der Waals surface area contributed by atoms with Crippen molar-refractivity contribution in [1.82, 2.24) is 10.2 Å². The lowest BCUT2D eigenvalue weighted by molar-refractivity contribution is 0.00538. The zero-order valence-corrected chi connectivity index (χ0v) is 12.8. The highest BCUT2D eigenvalue weighted by molar-refractivity contribution is 5.74. The number of hydrogen-bond acceptors (Lipinski definition) is 3. The van der Waals surface area contributed by atoms with E-state index < -0.39 is 0 Å². The van der Waals surface area contributed by atoms with Crippen LogP contribution in [0.15, 0.2) is 0 Å². The monoisotopic (exact) mass is 284 g/mol. The van der Waals surface area contributed by atoms with Gasteiger partial charge in [-0.05, 0) is 31.6 Å². The number of nitrogens with one attached hydrogen (secondary N) is 1. The Bertz CT molecular complexity index is 303. The van der Waals surface area contributed by atoms with Gasteiger partial charge in [0.15, 0.2) is 0 Å². The van der Waals surface area contributed by atoms with Crippen LogP contribution in [-0.2, 0) is 9.47 Å². The average Bonchev–Trinajstić information content (AvgIpc) is 2.91. The first-order valence-corrected chi connectivity index (χ1v) is 7.90. The Morgan fingerprint density at radius 2 is 2.25 bits per heavy atom. The van der Waals surface area contributed by atoms with Gasteiger partial charge in [-0.15, -0.1) is 0 Å². The summed E-state index contributed by atoms with van der Waals surface area (Å²) in [7, 11) is 0. The summed E-state index contributed by atoms with van der Waals surface area (Å²) in [6, 6.07) is 0.267. The number of amides is 2. The van der Waals surface area contributed by atoms with Crippen molar-refractivity contribution < 1.29 is 14.3 Å². The van der Waals surface area contributed by atoms with E-state index in [0.29, 0.717) is 38.3 Å².